The van der Waals surface area contributed by atoms with Crippen LogP contribution < -0.4 is 4.31 Å². The normalized spacial score (nSPS) is 14.7. The Bertz CT molecular complexity index is 1180. The number of aliphatic hydroxyl groups is 1. The van der Waals surface area contributed by atoms with Crippen molar-refractivity contribution in [3.05, 3.63) is 63.5 Å². The molecule has 2 N–H and O–H groups in total. The average Bonchev–Trinajstić information content (AvgIpc) is 3.21. The van der Waals surface area contributed by atoms with Crippen molar-refractivity contribution in [2.45, 2.75) is 66.5 Å². The fraction of sp³-hybridized carbons (Fsp3) is 0.393. The summed E-state index contributed by atoms with van der Waals surface area (Å²) in [6, 6.07) is 10.9. The lowest BCUT2D eigenvalue weighted by atomic mass is 9.82. The highest BCUT2D eigenvalue weighted by atomic mass is 32.2. The molecule has 3 aromatic rings. The zero-order valence-electron chi connectivity index (χ0n) is 21.3. The van der Waals surface area contributed by atoms with Crippen molar-refractivity contribution in [3.63, 3.8) is 0 Å². The largest absolute Gasteiger partial charge is 0.481 e. The van der Waals surface area contributed by atoms with Gasteiger partial charge in [-0.1, -0.05) is 41.8 Å². The predicted octanol–water partition coefficient (Wildman–Crippen LogP) is 7.57. The molecule has 0 saturated carbocycles. The minimum Gasteiger partial charge on any atom is -0.481 e. The number of fused-ring (bicyclic) bond motifs is 3. The van der Waals surface area contributed by atoms with Gasteiger partial charge in [0, 0.05) is 16.7 Å². The first-order valence-corrected chi connectivity index (χ1v) is 13.5. The topological polar surface area (TPSA) is 60.8 Å². The monoisotopic (exact) mass is 497 g/mol. The predicted molar refractivity (Wildman–Crippen MR) is 147 cm³/mol. The molecular formula is C28H35NO3S2. The third-order valence-electron chi connectivity index (χ3n) is 5.91. The molecule has 0 fully saturated rings. The van der Waals surface area contributed by atoms with Crippen LogP contribution in [0.2, 0.25) is 0 Å². The molecule has 0 aliphatic carbocycles. The molecule has 0 radical (unpaired) electrons. The van der Waals surface area contributed by atoms with Crippen molar-refractivity contribution in [1.82, 2.24) is 0 Å². The average molecular weight is 498 g/mol. The molecule has 0 amide bonds. The number of thiophene rings is 1. The van der Waals surface area contributed by atoms with Crippen molar-refractivity contribution < 1.29 is 15.0 Å². The lowest BCUT2D eigenvalue weighted by Gasteiger charge is -2.38. The highest BCUT2D eigenvalue weighted by molar-refractivity contribution is 8.00. The van der Waals surface area contributed by atoms with Crippen LogP contribution >= 0.6 is 23.3 Å². The molecule has 1 aromatic heterocycles. The molecule has 2 heterocycles. The lowest BCUT2D eigenvalue weighted by molar-refractivity contribution is -0.136. The Morgan fingerprint density at radius 2 is 1.65 bits per heavy atom. The SMILES string of the molecule is CC(C)(C)O.CSN1c2c(C)c(CC(=O)O)c(-c3ccc(C)cc3)c(C)c2-c2sccc2[C@@H]1C. The minimum absolute atomic E-state index is 0.0249. The van der Waals surface area contributed by atoms with Gasteiger partial charge >= 0.3 is 5.97 Å². The van der Waals surface area contributed by atoms with Gasteiger partial charge in [0.2, 0.25) is 0 Å². The Kier molecular flexibility index (Phi) is 7.85. The maximum Gasteiger partial charge on any atom is 0.307 e. The minimum atomic E-state index is -0.794. The number of aryl methyl sites for hydroxylation is 1. The molecule has 6 heteroatoms. The van der Waals surface area contributed by atoms with Gasteiger partial charge in [-0.2, -0.15) is 0 Å². The zero-order chi connectivity index (χ0) is 25.4. The van der Waals surface area contributed by atoms with Gasteiger partial charge in [0.25, 0.3) is 0 Å². The molecule has 0 spiro atoms. The summed E-state index contributed by atoms with van der Waals surface area (Å²) < 4.78 is 2.34. The van der Waals surface area contributed by atoms with E-state index >= 15 is 0 Å². The van der Waals surface area contributed by atoms with E-state index in [0.29, 0.717) is 0 Å². The second kappa shape index (κ2) is 10.1. The van der Waals surface area contributed by atoms with E-state index in [0.717, 1.165) is 22.3 Å². The molecule has 0 saturated heterocycles. The molecule has 4 rings (SSSR count). The molecule has 0 bridgehead atoms. The Morgan fingerprint density at radius 3 is 2.18 bits per heavy atom. The lowest BCUT2D eigenvalue weighted by Crippen LogP contribution is -2.25. The number of carboxylic acid groups (broad SMARTS) is 1. The van der Waals surface area contributed by atoms with E-state index in [-0.39, 0.29) is 12.5 Å². The summed E-state index contributed by atoms with van der Waals surface area (Å²) >= 11 is 3.49. The van der Waals surface area contributed by atoms with Crippen LogP contribution in [0.5, 0.6) is 0 Å². The summed E-state index contributed by atoms with van der Waals surface area (Å²) in [5, 5.41) is 20.4. The van der Waals surface area contributed by atoms with Crippen LogP contribution in [0, 0.1) is 20.8 Å². The first kappa shape index (κ1) is 26.3. The van der Waals surface area contributed by atoms with Crippen molar-refractivity contribution in [1.29, 1.82) is 0 Å². The maximum absolute atomic E-state index is 11.8. The second-order valence-corrected chi connectivity index (χ2v) is 11.5. The van der Waals surface area contributed by atoms with Gasteiger partial charge in [-0.05, 0) is 93.3 Å². The molecule has 1 aliphatic rings. The van der Waals surface area contributed by atoms with E-state index in [1.807, 2.05) is 0 Å². The Morgan fingerprint density at radius 1 is 1.06 bits per heavy atom. The van der Waals surface area contributed by atoms with E-state index in [1.165, 1.54) is 32.8 Å². The van der Waals surface area contributed by atoms with Crippen LogP contribution in [0.4, 0.5) is 5.69 Å². The molecule has 1 aliphatic heterocycles. The number of anilines is 1. The first-order chi connectivity index (χ1) is 15.8. The van der Waals surface area contributed by atoms with Crippen LogP contribution in [0.25, 0.3) is 21.6 Å². The molecule has 0 unspecified atom stereocenters. The summed E-state index contributed by atoms with van der Waals surface area (Å²) in [5.74, 6) is -0.794. The third-order valence-corrected chi connectivity index (χ3v) is 7.75. The maximum atomic E-state index is 11.8. The fourth-order valence-electron chi connectivity index (χ4n) is 4.50. The Labute approximate surface area is 211 Å². The van der Waals surface area contributed by atoms with Crippen LogP contribution in [0.15, 0.2) is 35.7 Å². The Hall–Kier alpha value is -2.28. The van der Waals surface area contributed by atoms with Gasteiger partial charge in [-0.25, -0.2) is 0 Å². The van der Waals surface area contributed by atoms with Crippen LogP contribution in [-0.2, 0) is 11.2 Å². The summed E-state index contributed by atoms with van der Waals surface area (Å²) in [6.07, 6.45) is 2.12. The second-order valence-electron chi connectivity index (χ2n) is 9.82. The zero-order valence-corrected chi connectivity index (χ0v) is 22.9. The number of rotatable bonds is 4. The van der Waals surface area contributed by atoms with Crippen molar-refractivity contribution in [2.24, 2.45) is 0 Å². The number of carbonyl (C=O) groups is 1. The van der Waals surface area contributed by atoms with E-state index < -0.39 is 11.6 Å². The number of hydrogen-bond donors (Lipinski definition) is 2. The van der Waals surface area contributed by atoms with Gasteiger partial charge in [-0.15, -0.1) is 11.3 Å². The highest BCUT2D eigenvalue weighted by Crippen LogP contribution is 2.55. The van der Waals surface area contributed by atoms with Crippen LogP contribution in [0.3, 0.4) is 0 Å². The van der Waals surface area contributed by atoms with Gasteiger partial charge in [0.05, 0.1) is 23.8 Å². The molecule has 182 valence electrons. The molecule has 1 atom stereocenters. The quantitative estimate of drug-likeness (QED) is 0.364. The molecule has 4 nitrogen and oxygen atoms in total. The molecule has 34 heavy (non-hydrogen) atoms. The first-order valence-electron chi connectivity index (χ1n) is 11.4. The van der Waals surface area contributed by atoms with Crippen molar-refractivity contribution >= 4 is 34.9 Å². The number of benzene rings is 2. The van der Waals surface area contributed by atoms with E-state index in [2.05, 4.69) is 74.0 Å². The number of carboxylic acids is 1. The highest BCUT2D eigenvalue weighted by Gasteiger charge is 2.34. The van der Waals surface area contributed by atoms with Crippen molar-refractivity contribution in [3.8, 4) is 21.6 Å². The smallest absolute Gasteiger partial charge is 0.307 e. The molecule has 2 aromatic carbocycles. The van der Waals surface area contributed by atoms with Crippen LogP contribution in [-0.4, -0.2) is 28.0 Å². The number of hydrogen-bond acceptors (Lipinski definition) is 5. The standard InChI is InChI=1S/C24H25NO2S2.C4H10O/c1-13-6-8-17(9-7-13)21-15(3)22-23(14(2)19(21)12-20(26)27)25(28-5)16(4)18-10-11-29-24(18)22;1-4(2,3)5/h6-11,16H,12H2,1-5H3,(H,26,27);5H,1-3H3/t16-;/m0./s1. The third kappa shape index (κ3) is 5.35. The van der Waals surface area contributed by atoms with Crippen LogP contribution in [0.1, 0.15) is 61.6 Å². The number of aliphatic carboxylic acids is 1. The Balaban J connectivity index is 0.000000588. The van der Waals surface area contributed by atoms with E-state index in [9.17, 15) is 9.90 Å². The number of nitrogens with zero attached hydrogens (tertiary/aromatic N) is 1. The summed E-state index contributed by atoms with van der Waals surface area (Å²) in [7, 11) is 0. The van der Waals surface area contributed by atoms with Crippen molar-refractivity contribution in [2.75, 3.05) is 10.6 Å². The van der Waals surface area contributed by atoms with E-state index in [1.54, 1.807) is 44.1 Å². The summed E-state index contributed by atoms with van der Waals surface area (Å²) in [5.41, 5.74) is 9.78. The van der Waals surface area contributed by atoms with Gasteiger partial charge in [0.15, 0.2) is 0 Å². The van der Waals surface area contributed by atoms with Gasteiger partial charge in [0.1, 0.15) is 0 Å². The van der Waals surface area contributed by atoms with Gasteiger partial charge < -0.3 is 14.5 Å². The van der Waals surface area contributed by atoms with Gasteiger partial charge in [-0.3, -0.25) is 4.79 Å². The summed E-state index contributed by atoms with van der Waals surface area (Å²) in [4.78, 5) is 13.1. The molecular weight excluding hydrogens is 462 g/mol. The summed E-state index contributed by atoms with van der Waals surface area (Å²) in [6.45, 7) is 13.8. The van der Waals surface area contributed by atoms with E-state index in [4.69, 9.17) is 5.11 Å². The fourth-order valence-corrected chi connectivity index (χ4v) is 6.44.